The summed E-state index contributed by atoms with van der Waals surface area (Å²) >= 11 is 0. The fraction of sp³-hybridized carbons (Fsp3) is 0.312. The molecule has 3 rings (SSSR count). The van der Waals surface area contributed by atoms with E-state index in [1.165, 1.54) is 0 Å². The highest BCUT2D eigenvalue weighted by Gasteiger charge is 2.21. The first-order valence-corrected chi connectivity index (χ1v) is 7.42. The molecule has 1 fully saturated rings. The third-order valence-corrected chi connectivity index (χ3v) is 3.86. The molecule has 0 bridgehead atoms. The topological polar surface area (TPSA) is 84.1 Å². The first kappa shape index (κ1) is 14.3. The normalized spacial score (nSPS) is 15.5. The van der Waals surface area contributed by atoms with Gasteiger partial charge in [0.2, 0.25) is 5.95 Å². The molecule has 0 atom stereocenters. The molecule has 2 aromatic rings. The lowest BCUT2D eigenvalue weighted by Gasteiger charge is -2.31. The SMILES string of the molecule is NC(=O)N1CCC(Nc2nccc(-c3ccccc3)n2)CC1. The summed E-state index contributed by atoms with van der Waals surface area (Å²) in [5.41, 5.74) is 7.25. The fourth-order valence-electron chi connectivity index (χ4n) is 2.62. The molecule has 1 aliphatic rings. The van der Waals surface area contributed by atoms with Crippen LogP contribution in [0, 0.1) is 0 Å². The number of hydrogen-bond acceptors (Lipinski definition) is 4. The van der Waals surface area contributed by atoms with Gasteiger partial charge in [-0.1, -0.05) is 30.3 Å². The van der Waals surface area contributed by atoms with Crippen LogP contribution in [0.2, 0.25) is 0 Å². The molecule has 1 aromatic heterocycles. The molecular formula is C16H19N5O. The summed E-state index contributed by atoms with van der Waals surface area (Å²) in [6.45, 7) is 1.34. The predicted octanol–water partition coefficient (Wildman–Crippen LogP) is 2.10. The van der Waals surface area contributed by atoms with Crippen LogP contribution in [0.4, 0.5) is 10.7 Å². The number of aromatic nitrogens is 2. The summed E-state index contributed by atoms with van der Waals surface area (Å²) in [6.07, 6.45) is 3.46. The number of likely N-dealkylation sites (tertiary alicyclic amines) is 1. The van der Waals surface area contributed by atoms with Gasteiger partial charge in [0.1, 0.15) is 0 Å². The molecule has 1 aliphatic heterocycles. The summed E-state index contributed by atoms with van der Waals surface area (Å²) in [4.78, 5) is 21.6. The molecule has 0 unspecified atom stereocenters. The Kier molecular flexibility index (Phi) is 4.18. The Morgan fingerprint density at radius 3 is 2.59 bits per heavy atom. The molecule has 6 nitrogen and oxygen atoms in total. The number of piperidine rings is 1. The van der Waals surface area contributed by atoms with E-state index in [0.717, 1.165) is 24.1 Å². The number of nitrogens with two attached hydrogens (primary N) is 1. The summed E-state index contributed by atoms with van der Waals surface area (Å²) in [7, 11) is 0. The van der Waals surface area contributed by atoms with Crippen molar-refractivity contribution in [1.29, 1.82) is 0 Å². The summed E-state index contributed by atoms with van der Waals surface area (Å²) in [5.74, 6) is 0.624. The van der Waals surface area contributed by atoms with Crippen LogP contribution < -0.4 is 11.1 Å². The standard InChI is InChI=1S/C16H19N5O/c17-15(22)21-10-7-13(8-11-21)19-16-18-9-6-14(20-16)12-4-2-1-3-5-12/h1-6,9,13H,7-8,10-11H2,(H2,17,22)(H,18,19,20). The number of carbonyl (C=O) groups is 1. The molecule has 2 heterocycles. The van der Waals surface area contributed by atoms with Crippen LogP contribution in [0.3, 0.4) is 0 Å². The van der Waals surface area contributed by atoms with E-state index in [1.54, 1.807) is 11.1 Å². The minimum absolute atomic E-state index is 0.265. The van der Waals surface area contributed by atoms with Gasteiger partial charge < -0.3 is 16.0 Å². The van der Waals surface area contributed by atoms with Gasteiger partial charge in [-0.15, -0.1) is 0 Å². The Hall–Kier alpha value is -2.63. The third kappa shape index (κ3) is 3.33. The molecular weight excluding hydrogens is 278 g/mol. The average Bonchev–Trinajstić information content (AvgIpc) is 2.56. The molecule has 114 valence electrons. The van der Waals surface area contributed by atoms with Gasteiger partial charge in [0.25, 0.3) is 0 Å². The van der Waals surface area contributed by atoms with Gasteiger partial charge in [0, 0.05) is 30.9 Å². The number of nitrogens with one attached hydrogen (secondary N) is 1. The van der Waals surface area contributed by atoms with E-state index in [9.17, 15) is 4.79 Å². The van der Waals surface area contributed by atoms with Gasteiger partial charge in [-0.05, 0) is 18.9 Å². The van der Waals surface area contributed by atoms with E-state index < -0.39 is 0 Å². The monoisotopic (exact) mass is 297 g/mol. The molecule has 0 radical (unpaired) electrons. The summed E-state index contributed by atoms with van der Waals surface area (Å²) < 4.78 is 0. The highest BCUT2D eigenvalue weighted by atomic mass is 16.2. The Morgan fingerprint density at radius 1 is 1.18 bits per heavy atom. The Bertz CT molecular complexity index is 638. The molecule has 1 aromatic carbocycles. The number of urea groups is 1. The Balaban J connectivity index is 1.66. The van der Waals surface area contributed by atoms with Crippen molar-refractivity contribution in [2.75, 3.05) is 18.4 Å². The van der Waals surface area contributed by atoms with Crippen LogP contribution in [0.5, 0.6) is 0 Å². The third-order valence-electron chi connectivity index (χ3n) is 3.86. The van der Waals surface area contributed by atoms with Crippen LogP contribution >= 0.6 is 0 Å². The first-order chi connectivity index (χ1) is 10.7. The zero-order valence-corrected chi connectivity index (χ0v) is 12.3. The quantitative estimate of drug-likeness (QED) is 0.908. The zero-order valence-electron chi connectivity index (χ0n) is 12.3. The second kappa shape index (κ2) is 6.43. The van der Waals surface area contributed by atoms with E-state index in [-0.39, 0.29) is 12.1 Å². The Labute approximate surface area is 129 Å². The number of benzene rings is 1. The number of nitrogens with zero attached hydrogens (tertiary/aromatic N) is 3. The lowest BCUT2D eigenvalue weighted by atomic mass is 10.1. The number of hydrogen-bond donors (Lipinski definition) is 2. The van der Waals surface area contributed by atoms with Crippen LogP contribution in [0.25, 0.3) is 11.3 Å². The van der Waals surface area contributed by atoms with E-state index >= 15 is 0 Å². The summed E-state index contributed by atoms with van der Waals surface area (Å²) in [5, 5.41) is 3.35. The molecule has 22 heavy (non-hydrogen) atoms. The van der Waals surface area contributed by atoms with Crippen LogP contribution in [-0.4, -0.2) is 40.0 Å². The van der Waals surface area contributed by atoms with Crippen molar-refractivity contribution in [3.63, 3.8) is 0 Å². The van der Waals surface area contributed by atoms with Gasteiger partial charge in [-0.25, -0.2) is 14.8 Å². The van der Waals surface area contributed by atoms with E-state index in [1.807, 2.05) is 36.4 Å². The first-order valence-electron chi connectivity index (χ1n) is 7.42. The Morgan fingerprint density at radius 2 is 1.91 bits per heavy atom. The van der Waals surface area contributed by atoms with Gasteiger partial charge in [-0.2, -0.15) is 0 Å². The second-order valence-corrected chi connectivity index (χ2v) is 5.38. The van der Waals surface area contributed by atoms with Crippen LogP contribution in [0.1, 0.15) is 12.8 Å². The molecule has 0 aliphatic carbocycles. The maximum Gasteiger partial charge on any atom is 0.314 e. The molecule has 6 heteroatoms. The van der Waals surface area contributed by atoms with E-state index in [4.69, 9.17) is 5.73 Å². The smallest absolute Gasteiger partial charge is 0.314 e. The van der Waals surface area contributed by atoms with Crippen LogP contribution in [0.15, 0.2) is 42.6 Å². The maximum absolute atomic E-state index is 11.1. The van der Waals surface area contributed by atoms with Gasteiger partial charge in [0.05, 0.1) is 5.69 Å². The average molecular weight is 297 g/mol. The van der Waals surface area contributed by atoms with Crippen molar-refractivity contribution < 1.29 is 4.79 Å². The van der Waals surface area contributed by atoms with Crippen molar-refractivity contribution >= 4 is 12.0 Å². The molecule has 2 amide bonds. The van der Waals surface area contributed by atoms with Crippen molar-refractivity contribution in [1.82, 2.24) is 14.9 Å². The number of primary amides is 1. The van der Waals surface area contributed by atoms with Crippen molar-refractivity contribution in [2.24, 2.45) is 5.73 Å². The highest BCUT2D eigenvalue weighted by Crippen LogP contribution is 2.19. The predicted molar refractivity (Wildman–Crippen MR) is 85.3 cm³/mol. The summed E-state index contributed by atoms with van der Waals surface area (Å²) in [6, 6.07) is 11.8. The van der Waals surface area contributed by atoms with E-state index in [0.29, 0.717) is 19.0 Å². The molecule has 0 spiro atoms. The van der Waals surface area contributed by atoms with Gasteiger partial charge in [-0.3, -0.25) is 0 Å². The van der Waals surface area contributed by atoms with Gasteiger partial charge >= 0.3 is 6.03 Å². The maximum atomic E-state index is 11.1. The largest absolute Gasteiger partial charge is 0.351 e. The minimum Gasteiger partial charge on any atom is -0.351 e. The zero-order chi connectivity index (χ0) is 15.4. The van der Waals surface area contributed by atoms with Crippen molar-refractivity contribution in [2.45, 2.75) is 18.9 Å². The number of amides is 2. The fourth-order valence-corrected chi connectivity index (χ4v) is 2.62. The van der Waals surface area contributed by atoms with Crippen molar-refractivity contribution in [3.8, 4) is 11.3 Å². The second-order valence-electron chi connectivity index (χ2n) is 5.38. The number of rotatable bonds is 3. The van der Waals surface area contributed by atoms with Crippen molar-refractivity contribution in [3.05, 3.63) is 42.6 Å². The van der Waals surface area contributed by atoms with E-state index in [2.05, 4.69) is 15.3 Å². The molecule has 0 saturated carbocycles. The molecule has 1 saturated heterocycles. The van der Waals surface area contributed by atoms with Gasteiger partial charge in [0.15, 0.2) is 0 Å². The lowest BCUT2D eigenvalue weighted by Crippen LogP contribution is -2.44. The lowest BCUT2D eigenvalue weighted by molar-refractivity contribution is 0.193. The number of carbonyl (C=O) groups excluding carboxylic acids is 1. The van der Waals surface area contributed by atoms with Crippen LogP contribution in [-0.2, 0) is 0 Å². The highest BCUT2D eigenvalue weighted by molar-refractivity contribution is 5.72. The molecule has 3 N–H and O–H groups in total. The minimum atomic E-state index is -0.347. The number of anilines is 1.